The second-order valence-corrected chi connectivity index (χ2v) is 12.1. The molecule has 0 bridgehead atoms. The van der Waals surface area contributed by atoms with Gasteiger partial charge in [0.15, 0.2) is 0 Å². The van der Waals surface area contributed by atoms with E-state index in [4.69, 9.17) is 23.5 Å². The maximum Gasteiger partial charge on any atom is 2.00 e. The van der Waals surface area contributed by atoms with E-state index < -0.39 is 0 Å². The SMILES string of the molecule is CC(C)c1cc(Oc2cc(C(C)C)cc(-c3[c-]cc4c(c3)oc3ccccc34)n2)nc(-c2[c-]cc3c(c2)oc2ccccc23)c1.[Pt+2]. The first-order valence-corrected chi connectivity index (χ1v) is 15.3. The molecular weight excluding hydrogens is 752 g/mol. The number of ether oxygens (including phenoxy) is 1. The summed E-state index contributed by atoms with van der Waals surface area (Å²) in [6.07, 6.45) is 0. The first-order valence-electron chi connectivity index (χ1n) is 15.3. The molecule has 0 aliphatic carbocycles. The number of rotatable bonds is 6. The molecule has 5 nitrogen and oxygen atoms in total. The Kier molecular flexibility index (Phi) is 7.74. The van der Waals surface area contributed by atoms with Crippen LogP contribution in [0.1, 0.15) is 50.7 Å². The monoisotopic (exact) mass is 781 g/mol. The average Bonchev–Trinajstić information content (AvgIpc) is 3.61. The topological polar surface area (TPSA) is 61.3 Å². The van der Waals surface area contributed by atoms with E-state index in [1.54, 1.807) is 0 Å². The molecule has 0 atom stereocenters. The number of nitrogens with zero attached hydrogens (tertiary/aromatic N) is 2. The van der Waals surface area contributed by atoms with Gasteiger partial charge in [0.2, 0.25) is 11.8 Å². The van der Waals surface area contributed by atoms with Crippen LogP contribution in [0.3, 0.4) is 0 Å². The molecule has 228 valence electrons. The van der Waals surface area contributed by atoms with Crippen molar-refractivity contribution in [2.75, 3.05) is 0 Å². The summed E-state index contributed by atoms with van der Waals surface area (Å²) < 4.78 is 18.8. The zero-order chi connectivity index (χ0) is 30.7. The second kappa shape index (κ2) is 11.9. The summed E-state index contributed by atoms with van der Waals surface area (Å²) in [5, 5.41) is 4.22. The summed E-state index contributed by atoms with van der Waals surface area (Å²) in [5.41, 5.74) is 8.75. The largest absolute Gasteiger partial charge is 2.00 e. The minimum atomic E-state index is 0. The molecule has 0 aliphatic rings. The van der Waals surface area contributed by atoms with Gasteiger partial charge in [-0.15, -0.1) is 35.4 Å². The number of hydrogen-bond acceptors (Lipinski definition) is 5. The van der Waals surface area contributed by atoms with Crippen molar-refractivity contribution in [1.29, 1.82) is 0 Å². The van der Waals surface area contributed by atoms with Gasteiger partial charge in [0.05, 0.1) is 11.2 Å². The van der Waals surface area contributed by atoms with E-state index in [1.807, 2.05) is 72.8 Å². The van der Waals surface area contributed by atoms with Crippen LogP contribution in [0.2, 0.25) is 0 Å². The molecule has 0 aliphatic heterocycles. The van der Waals surface area contributed by atoms with E-state index >= 15 is 0 Å². The Morgan fingerprint density at radius 3 is 1.41 bits per heavy atom. The number of furan rings is 2. The van der Waals surface area contributed by atoms with Crippen LogP contribution in [0.15, 0.2) is 106 Å². The molecule has 0 spiro atoms. The van der Waals surface area contributed by atoms with Crippen LogP contribution in [-0.4, -0.2) is 9.97 Å². The van der Waals surface area contributed by atoms with E-state index in [0.717, 1.165) is 77.5 Å². The van der Waals surface area contributed by atoms with E-state index in [9.17, 15) is 0 Å². The molecule has 0 saturated carbocycles. The van der Waals surface area contributed by atoms with Crippen LogP contribution in [0.4, 0.5) is 0 Å². The average molecular weight is 782 g/mol. The first-order chi connectivity index (χ1) is 21.9. The Hall–Kier alpha value is -4.73. The summed E-state index contributed by atoms with van der Waals surface area (Å²) in [6, 6.07) is 39.1. The van der Waals surface area contributed by atoms with Gasteiger partial charge in [-0.2, -0.15) is 0 Å². The fourth-order valence-corrected chi connectivity index (χ4v) is 5.83. The van der Waals surface area contributed by atoms with E-state index in [-0.39, 0.29) is 32.9 Å². The third kappa shape index (κ3) is 5.39. The number of aromatic nitrogens is 2. The maximum absolute atomic E-state index is 6.46. The zero-order valence-corrected chi connectivity index (χ0v) is 28.1. The van der Waals surface area contributed by atoms with Gasteiger partial charge in [0.25, 0.3) is 0 Å². The Labute approximate surface area is 281 Å². The van der Waals surface area contributed by atoms with E-state index in [2.05, 4.69) is 64.1 Å². The van der Waals surface area contributed by atoms with Gasteiger partial charge in [0.1, 0.15) is 11.2 Å². The summed E-state index contributed by atoms with van der Waals surface area (Å²) in [4.78, 5) is 9.85. The molecule has 6 heteroatoms. The summed E-state index contributed by atoms with van der Waals surface area (Å²) in [6.45, 7) is 8.65. The minimum Gasteiger partial charge on any atom is -0.476 e. The zero-order valence-electron chi connectivity index (χ0n) is 25.8. The molecule has 4 aromatic carbocycles. The van der Waals surface area contributed by atoms with Crippen LogP contribution in [-0.2, 0) is 21.1 Å². The Morgan fingerprint density at radius 1 is 0.543 bits per heavy atom. The van der Waals surface area contributed by atoms with E-state index in [0.29, 0.717) is 11.8 Å². The molecule has 8 rings (SSSR count). The van der Waals surface area contributed by atoms with Gasteiger partial charge in [-0.1, -0.05) is 99.1 Å². The van der Waals surface area contributed by atoms with Crippen LogP contribution in [0.5, 0.6) is 11.8 Å². The molecule has 0 saturated heterocycles. The van der Waals surface area contributed by atoms with Gasteiger partial charge >= 0.3 is 21.1 Å². The van der Waals surface area contributed by atoms with Crippen molar-refractivity contribution in [3.63, 3.8) is 0 Å². The number of fused-ring (bicyclic) bond motifs is 6. The van der Waals surface area contributed by atoms with Crippen molar-refractivity contribution in [3.8, 4) is 34.3 Å². The maximum atomic E-state index is 6.46. The van der Waals surface area contributed by atoms with Crippen molar-refractivity contribution in [1.82, 2.24) is 9.97 Å². The number of hydrogen-bond donors (Lipinski definition) is 0. The molecule has 0 unspecified atom stereocenters. The first kappa shape index (κ1) is 30.0. The quantitative estimate of drug-likeness (QED) is 0.157. The number of para-hydroxylation sites is 2. The van der Waals surface area contributed by atoms with Gasteiger partial charge in [0, 0.05) is 12.1 Å². The van der Waals surface area contributed by atoms with Gasteiger partial charge < -0.3 is 13.6 Å². The number of pyridine rings is 2. The normalized spacial score (nSPS) is 11.7. The molecule has 46 heavy (non-hydrogen) atoms. The Balaban J connectivity index is 0.00000338. The third-order valence-corrected chi connectivity index (χ3v) is 8.36. The fourth-order valence-electron chi connectivity index (χ4n) is 5.83. The predicted octanol–water partition coefficient (Wildman–Crippen LogP) is 11.2. The molecule has 0 radical (unpaired) electrons. The molecule has 0 N–H and O–H groups in total. The smallest absolute Gasteiger partial charge is 0.476 e. The van der Waals surface area contributed by atoms with Crippen molar-refractivity contribution >= 4 is 43.9 Å². The Bertz CT molecular complexity index is 2220. The van der Waals surface area contributed by atoms with Crippen molar-refractivity contribution in [2.24, 2.45) is 0 Å². The molecule has 8 aromatic rings. The van der Waals surface area contributed by atoms with Crippen molar-refractivity contribution < 1.29 is 34.6 Å². The molecular formula is C40H30N2O3Pt. The summed E-state index contributed by atoms with van der Waals surface area (Å²) >= 11 is 0. The summed E-state index contributed by atoms with van der Waals surface area (Å²) in [5.74, 6) is 1.48. The Morgan fingerprint density at radius 2 is 0.978 bits per heavy atom. The van der Waals surface area contributed by atoms with Crippen LogP contribution in [0.25, 0.3) is 66.4 Å². The molecule has 0 fully saturated rings. The molecule has 4 aromatic heterocycles. The molecule has 0 amide bonds. The number of benzene rings is 4. The van der Waals surface area contributed by atoms with Crippen molar-refractivity contribution in [2.45, 2.75) is 39.5 Å². The van der Waals surface area contributed by atoms with Gasteiger partial charge in [-0.3, -0.25) is 9.97 Å². The second-order valence-electron chi connectivity index (χ2n) is 12.1. The standard InChI is InChI=1S/C40H30N2O3.Pt/c1-23(2)27-17-33(25-13-15-31-29-9-5-7-11-35(29)43-37(31)19-25)41-39(21-27)45-40-22-28(24(3)4)18-34(42-40)26-14-16-32-30-10-6-8-12-36(30)44-38(32)20-26;/h5-12,15-24H,1-4H3;/q-2;+2. The van der Waals surface area contributed by atoms with Gasteiger partial charge in [-0.25, -0.2) is 0 Å². The predicted molar refractivity (Wildman–Crippen MR) is 180 cm³/mol. The van der Waals surface area contributed by atoms with Crippen LogP contribution < -0.4 is 4.74 Å². The summed E-state index contributed by atoms with van der Waals surface area (Å²) in [7, 11) is 0. The fraction of sp³-hybridized carbons (Fsp3) is 0.150. The third-order valence-electron chi connectivity index (χ3n) is 8.36. The molecule has 4 heterocycles. The van der Waals surface area contributed by atoms with Gasteiger partial charge in [-0.05, 0) is 57.3 Å². The minimum absolute atomic E-state index is 0. The van der Waals surface area contributed by atoms with E-state index in [1.165, 1.54) is 0 Å². The van der Waals surface area contributed by atoms with Crippen LogP contribution >= 0.6 is 0 Å². The van der Waals surface area contributed by atoms with Crippen LogP contribution in [0, 0.1) is 12.1 Å². The van der Waals surface area contributed by atoms with Crippen molar-refractivity contribution in [3.05, 3.63) is 120 Å².